The molecule has 1 amide bonds. The zero-order chi connectivity index (χ0) is 17.7. The van der Waals surface area contributed by atoms with Crippen molar-refractivity contribution in [3.63, 3.8) is 0 Å². The number of amides is 1. The molecule has 2 rings (SSSR count). The summed E-state index contributed by atoms with van der Waals surface area (Å²) < 4.78 is 0. The Morgan fingerprint density at radius 1 is 0.958 bits per heavy atom. The molecule has 24 heavy (non-hydrogen) atoms. The van der Waals surface area contributed by atoms with E-state index in [1.807, 2.05) is 44.2 Å². The van der Waals surface area contributed by atoms with Gasteiger partial charge in [0.25, 0.3) is 0 Å². The predicted octanol–water partition coefficient (Wildman–Crippen LogP) is 5.34. The third kappa shape index (κ3) is 5.13. The van der Waals surface area contributed by atoms with Gasteiger partial charge in [-0.2, -0.15) is 0 Å². The number of hydrogen-bond acceptors (Lipinski definition) is 2. The molecule has 2 aromatic carbocycles. The second kappa shape index (κ2) is 7.89. The largest absolute Gasteiger partial charge is 0.349 e. The standard InChI is InChI=1S/C21H27NOS/c1-15(17-11-13-18(14-12-17)21(3,4)5)22-20(23)16(2)24-19-9-7-6-8-10-19/h6-16H,1-5H3,(H,22,23)/t15-,16-/m1/s1. The highest BCUT2D eigenvalue weighted by molar-refractivity contribution is 8.00. The van der Waals surface area contributed by atoms with Crippen LogP contribution in [0.2, 0.25) is 0 Å². The highest BCUT2D eigenvalue weighted by Gasteiger charge is 2.18. The third-order valence-corrected chi connectivity index (χ3v) is 5.17. The molecule has 0 radical (unpaired) electrons. The molecule has 2 aromatic rings. The predicted molar refractivity (Wildman–Crippen MR) is 103 cm³/mol. The topological polar surface area (TPSA) is 29.1 Å². The molecule has 0 aromatic heterocycles. The van der Waals surface area contributed by atoms with Crippen molar-refractivity contribution >= 4 is 17.7 Å². The molecule has 0 saturated carbocycles. The van der Waals surface area contributed by atoms with Crippen molar-refractivity contribution in [2.45, 2.75) is 56.2 Å². The Bertz CT molecular complexity index is 658. The summed E-state index contributed by atoms with van der Waals surface area (Å²) in [6, 6.07) is 18.6. The number of benzene rings is 2. The van der Waals surface area contributed by atoms with Crippen LogP contribution >= 0.6 is 11.8 Å². The van der Waals surface area contributed by atoms with Gasteiger partial charge < -0.3 is 5.32 Å². The summed E-state index contributed by atoms with van der Waals surface area (Å²) in [6.07, 6.45) is 0. The zero-order valence-corrected chi connectivity index (χ0v) is 16.0. The molecular weight excluding hydrogens is 314 g/mol. The van der Waals surface area contributed by atoms with E-state index in [1.54, 1.807) is 11.8 Å². The monoisotopic (exact) mass is 341 g/mol. The van der Waals surface area contributed by atoms with Gasteiger partial charge in [-0.1, -0.05) is 63.2 Å². The Kier molecular flexibility index (Phi) is 6.11. The fourth-order valence-corrected chi connectivity index (χ4v) is 3.34. The summed E-state index contributed by atoms with van der Waals surface area (Å²) in [5, 5.41) is 2.99. The molecule has 0 bridgehead atoms. The number of nitrogens with one attached hydrogen (secondary N) is 1. The van der Waals surface area contributed by atoms with Crippen molar-refractivity contribution in [2.75, 3.05) is 0 Å². The van der Waals surface area contributed by atoms with Crippen LogP contribution in [0, 0.1) is 0 Å². The quantitative estimate of drug-likeness (QED) is 0.744. The minimum Gasteiger partial charge on any atom is -0.349 e. The Labute approximate surface area is 150 Å². The van der Waals surface area contributed by atoms with E-state index >= 15 is 0 Å². The maximum absolute atomic E-state index is 12.4. The molecule has 0 heterocycles. The second-order valence-electron chi connectivity index (χ2n) is 7.18. The SMILES string of the molecule is C[C@@H](Sc1ccccc1)C(=O)N[C@H](C)c1ccc(C(C)(C)C)cc1. The van der Waals surface area contributed by atoms with E-state index in [0.29, 0.717) is 0 Å². The van der Waals surface area contributed by atoms with Gasteiger partial charge >= 0.3 is 0 Å². The van der Waals surface area contributed by atoms with Crippen molar-refractivity contribution in [1.82, 2.24) is 5.32 Å². The smallest absolute Gasteiger partial charge is 0.233 e. The number of thioether (sulfide) groups is 1. The van der Waals surface area contributed by atoms with Crippen LogP contribution in [0.1, 0.15) is 51.8 Å². The van der Waals surface area contributed by atoms with E-state index in [0.717, 1.165) is 10.5 Å². The Hall–Kier alpha value is -1.74. The number of hydrogen-bond donors (Lipinski definition) is 1. The molecule has 0 aliphatic heterocycles. The lowest BCUT2D eigenvalue weighted by molar-refractivity contribution is -0.120. The minimum atomic E-state index is -0.122. The Balaban J connectivity index is 1.95. The molecule has 0 unspecified atom stereocenters. The molecule has 0 fully saturated rings. The number of carbonyl (C=O) groups excluding carboxylic acids is 1. The van der Waals surface area contributed by atoms with Crippen molar-refractivity contribution < 1.29 is 4.79 Å². The van der Waals surface area contributed by atoms with Crippen molar-refractivity contribution in [3.05, 3.63) is 65.7 Å². The highest BCUT2D eigenvalue weighted by Crippen LogP contribution is 2.25. The van der Waals surface area contributed by atoms with Crippen LogP contribution in [0.15, 0.2) is 59.5 Å². The fraction of sp³-hybridized carbons (Fsp3) is 0.381. The molecule has 0 spiro atoms. The first-order chi connectivity index (χ1) is 11.3. The molecular formula is C21H27NOS. The average Bonchev–Trinajstić information content (AvgIpc) is 2.55. The van der Waals surface area contributed by atoms with Crippen LogP contribution in [-0.2, 0) is 10.2 Å². The van der Waals surface area contributed by atoms with Gasteiger partial charge in [-0.05, 0) is 42.5 Å². The molecule has 1 N–H and O–H groups in total. The van der Waals surface area contributed by atoms with Crippen LogP contribution in [0.25, 0.3) is 0 Å². The summed E-state index contributed by atoms with van der Waals surface area (Å²) in [6.45, 7) is 10.6. The first-order valence-electron chi connectivity index (χ1n) is 8.40. The van der Waals surface area contributed by atoms with Gasteiger partial charge in [0.15, 0.2) is 0 Å². The van der Waals surface area contributed by atoms with Crippen molar-refractivity contribution in [1.29, 1.82) is 0 Å². The van der Waals surface area contributed by atoms with Gasteiger partial charge in [0, 0.05) is 4.90 Å². The zero-order valence-electron chi connectivity index (χ0n) is 15.2. The van der Waals surface area contributed by atoms with Gasteiger partial charge in [-0.3, -0.25) is 4.79 Å². The second-order valence-corrected chi connectivity index (χ2v) is 8.59. The lowest BCUT2D eigenvalue weighted by Crippen LogP contribution is -2.33. The maximum atomic E-state index is 12.4. The fourth-order valence-electron chi connectivity index (χ4n) is 2.44. The van der Waals surface area contributed by atoms with Crippen LogP contribution in [0.4, 0.5) is 0 Å². The van der Waals surface area contributed by atoms with E-state index in [2.05, 4.69) is 50.4 Å². The lowest BCUT2D eigenvalue weighted by atomic mass is 9.86. The highest BCUT2D eigenvalue weighted by atomic mass is 32.2. The molecule has 2 atom stereocenters. The van der Waals surface area contributed by atoms with Gasteiger partial charge in [-0.15, -0.1) is 11.8 Å². The van der Waals surface area contributed by atoms with E-state index in [1.165, 1.54) is 5.56 Å². The summed E-state index contributed by atoms with van der Waals surface area (Å²) >= 11 is 1.58. The average molecular weight is 342 g/mol. The van der Waals surface area contributed by atoms with E-state index in [4.69, 9.17) is 0 Å². The van der Waals surface area contributed by atoms with Crippen LogP contribution in [0.3, 0.4) is 0 Å². The van der Waals surface area contributed by atoms with Gasteiger partial charge in [0.2, 0.25) is 5.91 Å². The molecule has 128 valence electrons. The maximum Gasteiger partial charge on any atom is 0.233 e. The Morgan fingerprint density at radius 2 is 1.54 bits per heavy atom. The number of rotatable bonds is 5. The van der Waals surface area contributed by atoms with Crippen LogP contribution in [0.5, 0.6) is 0 Å². The third-order valence-electron chi connectivity index (χ3n) is 4.06. The van der Waals surface area contributed by atoms with Crippen LogP contribution in [-0.4, -0.2) is 11.2 Å². The molecule has 0 aliphatic carbocycles. The summed E-state index contributed by atoms with van der Waals surface area (Å²) in [5.74, 6) is 0.0660. The normalized spacial score (nSPS) is 14.0. The molecule has 0 aliphatic rings. The van der Waals surface area contributed by atoms with E-state index < -0.39 is 0 Å². The first-order valence-corrected chi connectivity index (χ1v) is 9.28. The summed E-state index contributed by atoms with van der Waals surface area (Å²) in [7, 11) is 0. The van der Waals surface area contributed by atoms with Gasteiger partial charge in [-0.25, -0.2) is 0 Å². The number of carbonyl (C=O) groups is 1. The molecule has 3 heteroatoms. The molecule has 2 nitrogen and oxygen atoms in total. The minimum absolute atomic E-state index is 0.00495. The Morgan fingerprint density at radius 3 is 2.08 bits per heavy atom. The summed E-state index contributed by atoms with van der Waals surface area (Å²) in [5.41, 5.74) is 2.58. The van der Waals surface area contributed by atoms with Crippen molar-refractivity contribution in [2.24, 2.45) is 0 Å². The van der Waals surface area contributed by atoms with Gasteiger partial charge in [0.1, 0.15) is 0 Å². The first kappa shape index (κ1) is 18.6. The van der Waals surface area contributed by atoms with Crippen LogP contribution < -0.4 is 5.32 Å². The van der Waals surface area contributed by atoms with Gasteiger partial charge in [0.05, 0.1) is 11.3 Å². The van der Waals surface area contributed by atoms with E-state index in [9.17, 15) is 4.79 Å². The van der Waals surface area contributed by atoms with E-state index in [-0.39, 0.29) is 22.6 Å². The van der Waals surface area contributed by atoms with Crippen molar-refractivity contribution in [3.8, 4) is 0 Å². The summed E-state index contributed by atoms with van der Waals surface area (Å²) in [4.78, 5) is 13.5. The lowest BCUT2D eigenvalue weighted by Gasteiger charge is -2.21. The molecule has 0 saturated heterocycles.